The zero-order valence-electron chi connectivity index (χ0n) is 11.0. The van der Waals surface area contributed by atoms with Gasteiger partial charge in [0.1, 0.15) is 11.3 Å². The van der Waals surface area contributed by atoms with E-state index < -0.39 is 0 Å². The van der Waals surface area contributed by atoms with Crippen LogP contribution >= 0.6 is 0 Å². The van der Waals surface area contributed by atoms with Crippen LogP contribution in [0.5, 0.6) is 0 Å². The van der Waals surface area contributed by atoms with E-state index in [0.29, 0.717) is 11.7 Å². The highest BCUT2D eigenvalue weighted by Gasteiger charge is 2.07. The van der Waals surface area contributed by atoms with Gasteiger partial charge in [-0.1, -0.05) is 12.1 Å². The Labute approximate surface area is 115 Å². The molecule has 2 aromatic heterocycles. The molecule has 0 spiro atoms. The molecule has 5 heteroatoms. The minimum absolute atomic E-state index is 0.108. The number of amides is 1. The summed E-state index contributed by atoms with van der Waals surface area (Å²) in [5, 5.41) is 2.75. The summed E-state index contributed by atoms with van der Waals surface area (Å²) in [6, 6.07) is 10.9. The lowest BCUT2D eigenvalue weighted by molar-refractivity contribution is -0.115. The molecule has 0 saturated heterocycles. The van der Waals surface area contributed by atoms with Crippen LogP contribution in [-0.4, -0.2) is 15.9 Å². The van der Waals surface area contributed by atoms with Crippen molar-refractivity contribution >= 4 is 22.8 Å². The molecule has 0 unspecified atom stereocenters. The summed E-state index contributed by atoms with van der Waals surface area (Å²) in [7, 11) is 0. The van der Waals surface area contributed by atoms with Crippen molar-refractivity contribution in [3.63, 3.8) is 0 Å². The van der Waals surface area contributed by atoms with Crippen LogP contribution in [0.4, 0.5) is 5.82 Å². The number of oxazole rings is 1. The van der Waals surface area contributed by atoms with Crippen molar-refractivity contribution < 1.29 is 9.21 Å². The number of rotatable bonds is 3. The number of aryl methyl sites for hydroxylation is 1. The van der Waals surface area contributed by atoms with Crippen LogP contribution in [0.25, 0.3) is 11.1 Å². The molecule has 3 rings (SSSR count). The van der Waals surface area contributed by atoms with Gasteiger partial charge in [0.25, 0.3) is 0 Å². The summed E-state index contributed by atoms with van der Waals surface area (Å²) in [4.78, 5) is 20.2. The first kappa shape index (κ1) is 12.3. The number of nitrogens with zero attached hydrogens (tertiary/aromatic N) is 2. The molecule has 0 fully saturated rings. The Hall–Kier alpha value is -2.69. The molecule has 0 atom stereocenters. The molecular formula is C15H13N3O2. The minimum Gasteiger partial charge on any atom is -0.441 e. The average Bonchev–Trinajstić information content (AvgIpc) is 2.79. The average molecular weight is 267 g/mol. The van der Waals surface area contributed by atoms with E-state index >= 15 is 0 Å². The number of carbonyl (C=O) groups is 1. The Morgan fingerprint density at radius 3 is 3.00 bits per heavy atom. The summed E-state index contributed by atoms with van der Waals surface area (Å²) in [6.07, 6.45) is 1.91. The highest BCUT2D eigenvalue weighted by molar-refractivity contribution is 5.91. The van der Waals surface area contributed by atoms with Crippen LogP contribution in [0.2, 0.25) is 0 Å². The SMILES string of the molecule is Cc1nc2cc(CC(=O)Nc3ccccn3)ccc2o1. The Morgan fingerprint density at radius 2 is 2.20 bits per heavy atom. The van der Waals surface area contributed by atoms with Crippen LogP contribution in [-0.2, 0) is 11.2 Å². The monoisotopic (exact) mass is 267 g/mol. The summed E-state index contributed by atoms with van der Waals surface area (Å²) in [5.74, 6) is 1.06. The van der Waals surface area contributed by atoms with Crippen molar-refractivity contribution in [3.8, 4) is 0 Å². The Morgan fingerprint density at radius 1 is 1.30 bits per heavy atom. The minimum atomic E-state index is -0.108. The number of pyridine rings is 1. The van der Waals surface area contributed by atoms with Crippen LogP contribution in [0.3, 0.4) is 0 Å². The number of benzene rings is 1. The summed E-state index contributed by atoms with van der Waals surface area (Å²) >= 11 is 0. The van der Waals surface area contributed by atoms with Crippen LogP contribution in [0, 0.1) is 6.92 Å². The lowest BCUT2D eigenvalue weighted by Gasteiger charge is -2.03. The fraction of sp³-hybridized carbons (Fsp3) is 0.133. The molecule has 1 aromatic carbocycles. The Bertz CT molecular complexity index is 750. The van der Waals surface area contributed by atoms with Crippen molar-refractivity contribution in [2.75, 3.05) is 5.32 Å². The quantitative estimate of drug-likeness (QED) is 0.792. The summed E-state index contributed by atoms with van der Waals surface area (Å²) in [6.45, 7) is 1.80. The van der Waals surface area contributed by atoms with Gasteiger partial charge in [0, 0.05) is 13.1 Å². The van der Waals surface area contributed by atoms with Gasteiger partial charge in [0.2, 0.25) is 5.91 Å². The maximum absolute atomic E-state index is 11.9. The first-order chi connectivity index (χ1) is 9.70. The van der Waals surface area contributed by atoms with E-state index in [9.17, 15) is 4.79 Å². The first-order valence-corrected chi connectivity index (χ1v) is 6.28. The van der Waals surface area contributed by atoms with E-state index in [2.05, 4.69) is 15.3 Å². The van der Waals surface area contributed by atoms with E-state index in [-0.39, 0.29) is 12.3 Å². The maximum Gasteiger partial charge on any atom is 0.229 e. The molecule has 0 saturated carbocycles. The topological polar surface area (TPSA) is 68.0 Å². The maximum atomic E-state index is 11.9. The molecule has 0 aliphatic heterocycles. The summed E-state index contributed by atoms with van der Waals surface area (Å²) < 4.78 is 5.40. The largest absolute Gasteiger partial charge is 0.441 e. The second-order valence-electron chi connectivity index (χ2n) is 4.47. The number of anilines is 1. The number of carbonyl (C=O) groups excluding carboxylic acids is 1. The second-order valence-corrected chi connectivity index (χ2v) is 4.47. The number of hydrogen-bond acceptors (Lipinski definition) is 4. The number of fused-ring (bicyclic) bond motifs is 1. The fourth-order valence-corrected chi connectivity index (χ4v) is 2.01. The third-order valence-corrected chi connectivity index (χ3v) is 2.86. The Balaban J connectivity index is 1.74. The third-order valence-electron chi connectivity index (χ3n) is 2.86. The van der Waals surface area contributed by atoms with Gasteiger partial charge in [-0.15, -0.1) is 0 Å². The zero-order chi connectivity index (χ0) is 13.9. The van der Waals surface area contributed by atoms with Gasteiger partial charge in [0.05, 0.1) is 6.42 Å². The molecule has 0 radical (unpaired) electrons. The van der Waals surface area contributed by atoms with Gasteiger partial charge >= 0.3 is 0 Å². The van der Waals surface area contributed by atoms with Gasteiger partial charge < -0.3 is 9.73 Å². The van der Waals surface area contributed by atoms with Gasteiger partial charge in [0.15, 0.2) is 11.5 Å². The molecule has 20 heavy (non-hydrogen) atoms. The van der Waals surface area contributed by atoms with E-state index in [4.69, 9.17) is 4.42 Å². The molecule has 3 aromatic rings. The second kappa shape index (κ2) is 5.13. The zero-order valence-corrected chi connectivity index (χ0v) is 11.0. The first-order valence-electron chi connectivity index (χ1n) is 6.28. The van der Waals surface area contributed by atoms with Crippen LogP contribution in [0.1, 0.15) is 11.5 Å². The molecule has 0 bridgehead atoms. The fourth-order valence-electron chi connectivity index (χ4n) is 2.01. The third kappa shape index (κ3) is 2.66. The predicted octanol–water partition coefficient (Wildman–Crippen LogP) is 2.71. The number of hydrogen-bond donors (Lipinski definition) is 1. The number of nitrogens with one attached hydrogen (secondary N) is 1. The lowest BCUT2D eigenvalue weighted by atomic mass is 10.1. The van der Waals surface area contributed by atoms with Gasteiger partial charge in [-0.2, -0.15) is 0 Å². The summed E-state index contributed by atoms with van der Waals surface area (Å²) in [5.41, 5.74) is 2.39. The van der Waals surface area contributed by atoms with Crippen molar-refractivity contribution in [1.82, 2.24) is 9.97 Å². The lowest BCUT2D eigenvalue weighted by Crippen LogP contribution is -2.15. The van der Waals surface area contributed by atoms with Gasteiger partial charge in [-0.25, -0.2) is 9.97 Å². The molecule has 2 heterocycles. The van der Waals surface area contributed by atoms with Crippen LogP contribution in [0.15, 0.2) is 47.0 Å². The molecule has 1 amide bonds. The van der Waals surface area contributed by atoms with E-state index in [1.807, 2.05) is 24.3 Å². The van der Waals surface area contributed by atoms with Crippen LogP contribution < -0.4 is 5.32 Å². The molecule has 100 valence electrons. The standard InChI is InChI=1S/C15H13N3O2/c1-10-17-12-8-11(5-6-13(12)20-10)9-15(19)18-14-4-2-3-7-16-14/h2-8H,9H2,1H3,(H,16,18,19). The normalized spacial score (nSPS) is 10.7. The van der Waals surface area contributed by atoms with E-state index in [1.165, 1.54) is 0 Å². The highest BCUT2D eigenvalue weighted by atomic mass is 16.3. The van der Waals surface area contributed by atoms with Crippen molar-refractivity contribution in [1.29, 1.82) is 0 Å². The van der Waals surface area contributed by atoms with Crippen molar-refractivity contribution in [2.24, 2.45) is 0 Å². The van der Waals surface area contributed by atoms with Gasteiger partial charge in [-0.3, -0.25) is 4.79 Å². The smallest absolute Gasteiger partial charge is 0.229 e. The number of aromatic nitrogens is 2. The molecule has 0 aliphatic carbocycles. The predicted molar refractivity (Wildman–Crippen MR) is 75.3 cm³/mol. The van der Waals surface area contributed by atoms with Crippen molar-refractivity contribution in [2.45, 2.75) is 13.3 Å². The molecule has 0 aliphatic rings. The van der Waals surface area contributed by atoms with Crippen molar-refractivity contribution in [3.05, 3.63) is 54.0 Å². The molecular weight excluding hydrogens is 254 g/mol. The molecule has 5 nitrogen and oxygen atoms in total. The van der Waals surface area contributed by atoms with E-state index in [1.54, 1.807) is 25.3 Å². The Kier molecular flexibility index (Phi) is 3.16. The molecule has 1 N–H and O–H groups in total. The highest BCUT2D eigenvalue weighted by Crippen LogP contribution is 2.17. The van der Waals surface area contributed by atoms with Gasteiger partial charge in [-0.05, 0) is 29.8 Å². The van der Waals surface area contributed by atoms with E-state index in [0.717, 1.165) is 16.7 Å².